The average Bonchev–Trinajstić information content (AvgIpc) is 2.20. The molecule has 5 N–H and O–H groups in total. The molecule has 0 aromatic carbocycles. The third-order valence-corrected chi connectivity index (χ3v) is 2.31. The lowest BCUT2D eigenvalue weighted by Gasteiger charge is -2.12. The van der Waals surface area contributed by atoms with Gasteiger partial charge in [0.05, 0.1) is 6.04 Å². The van der Waals surface area contributed by atoms with Crippen molar-refractivity contribution in [2.45, 2.75) is 45.6 Å². The van der Waals surface area contributed by atoms with Crippen molar-refractivity contribution in [3.8, 4) is 0 Å². The van der Waals surface area contributed by atoms with E-state index in [1.165, 1.54) is 0 Å². The zero-order valence-corrected chi connectivity index (χ0v) is 9.96. The van der Waals surface area contributed by atoms with Crippen LogP contribution in [0.2, 0.25) is 0 Å². The SMILES string of the molecule is CC(C)CCCNC(=O)[C@@H](N)CCCN. The average molecular weight is 215 g/mol. The van der Waals surface area contributed by atoms with Crippen LogP contribution < -0.4 is 16.8 Å². The highest BCUT2D eigenvalue weighted by atomic mass is 16.2. The number of nitrogens with one attached hydrogen (secondary N) is 1. The van der Waals surface area contributed by atoms with E-state index < -0.39 is 6.04 Å². The van der Waals surface area contributed by atoms with E-state index in [2.05, 4.69) is 19.2 Å². The summed E-state index contributed by atoms with van der Waals surface area (Å²) in [5.41, 5.74) is 11.0. The Kier molecular flexibility index (Phi) is 8.33. The standard InChI is InChI=1S/C11H25N3O/c1-9(2)5-4-8-14-11(15)10(13)6-3-7-12/h9-10H,3-8,12-13H2,1-2H3,(H,14,15)/t10-/m0/s1. The smallest absolute Gasteiger partial charge is 0.236 e. The molecule has 0 radical (unpaired) electrons. The van der Waals surface area contributed by atoms with Gasteiger partial charge in [-0.2, -0.15) is 0 Å². The van der Waals surface area contributed by atoms with Crippen molar-refractivity contribution in [3.05, 3.63) is 0 Å². The van der Waals surface area contributed by atoms with Gasteiger partial charge in [-0.15, -0.1) is 0 Å². The maximum absolute atomic E-state index is 11.4. The summed E-state index contributed by atoms with van der Waals surface area (Å²) in [6.45, 7) is 5.67. The first-order valence-corrected chi connectivity index (χ1v) is 5.81. The maximum atomic E-state index is 11.4. The van der Waals surface area contributed by atoms with Crippen LogP contribution in [0.25, 0.3) is 0 Å². The van der Waals surface area contributed by atoms with Crippen molar-refractivity contribution in [3.63, 3.8) is 0 Å². The maximum Gasteiger partial charge on any atom is 0.236 e. The molecule has 4 heteroatoms. The predicted octanol–water partition coefficient (Wildman–Crippen LogP) is 0.605. The van der Waals surface area contributed by atoms with E-state index in [0.29, 0.717) is 18.9 Å². The van der Waals surface area contributed by atoms with Gasteiger partial charge in [-0.3, -0.25) is 4.79 Å². The fourth-order valence-corrected chi connectivity index (χ4v) is 1.32. The Bertz CT molecular complexity index is 171. The van der Waals surface area contributed by atoms with E-state index >= 15 is 0 Å². The second kappa shape index (κ2) is 8.68. The van der Waals surface area contributed by atoms with Gasteiger partial charge < -0.3 is 16.8 Å². The molecule has 0 aliphatic rings. The van der Waals surface area contributed by atoms with Crippen LogP contribution in [0, 0.1) is 5.92 Å². The van der Waals surface area contributed by atoms with Gasteiger partial charge in [0.25, 0.3) is 0 Å². The summed E-state index contributed by atoms with van der Waals surface area (Å²) in [7, 11) is 0. The quantitative estimate of drug-likeness (QED) is 0.519. The van der Waals surface area contributed by atoms with Crippen LogP contribution in [-0.4, -0.2) is 25.0 Å². The Morgan fingerprint density at radius 2 is 1.93 bits per heavy atom. The normalized spacial score (nSPS) is 12.9. The van der Waals surface area contributed by atoms with E-state index in [0.717, 1.165) is 25.8 Å². The molecule has 0 saturated heterocycles. The molecule has 0 heterocycles. The molecular weight excluding hydrogens is 190 g/mol. The Hall–Kier alpha value is -0.610. The first-order valence-electron chi connectivity index (χ1n) is 5.81. The predicted molar refractivity (Wildman–Crippen MR) is 63.3 cm³/mol. The molecule has 0 fully saturated rings. The van der Waals surface area contributed by atoms with E-state index in [1.807, 2.05) is 0 Å². The van der Waals surface area contributed by atoms with E-state index in [9.17, 15) is 4.79 Å². The van der Waals surface area contributed by atoms with Crippen molar-refractivity contribution in [2.75, 3.05) is 13.1 Å². The topological polar surface area (TPSA) is 81.1 Å². The first-order chi connectivity index (χ1) is 7.07. The van der Waals surface area contributed by atoms with Gasteiger partial charge >= 0.3 is 0 Å². The lowest BCUT2D eigenvalue weighted by Crippen LogP contribution is -2.41. The third-order valence-electron chi connectivity index (χ3n) is 2.31. The monoisotopic (exact) mass is 215 g/mol. The minimum absolute atomic E-state index is 0.0489. The molecule has 1 atom stereocenters. The fourth-order valence-electron chi connectivity index (χ4n) is 1.32. The molecule has 4 nitrogen and oxygen atoms in total. The van der Waals surface area contributed by atoms with Crippen molar-refractivity contribution in [2.24, 2.45) is 17.4 Å². The third kappa shape index (κ3) is 8.39. The molecule has 15 heavy (non-hydrogen) atoms. The lowest BCUT2D eigenvalue weighted by molar-refractivity contribution is -0.122. The summed E-state index contributed by atoms with van der Waals surface area (Å²) >= 11 is 0. The van der Waals surface area contributed by atoms with Gasteiger partial charge in [0.2, 0.25) is 5.91 Å². The number of amides is 1. The molecule has 0 aromatic rings. The van der Waals surface area contributed by atoms with Gasteiger partial charge in [0.15, 0.2) is 0 Å². The molecule has 0 aromatic heterocycles. The molecule has 90 valence electrons. The number of carbonyl (C=O) groups is 1. The summed E-state index contributed by atoms with van der Waals surface area (Å²) in [5.74, 6) is 0.639. The van der Waals surface area contributed by atoms with Crippen molar-refractivity contribution >= 4 is 5.91 Å². The molecule has 0 aliphatic heterocycles. The number of nitrogens with two attached hydrogens (primary N) is 2. The summed E-state index contributed by atoms with van der Waals surface area (Å²) < 4.78 is 0. The van der Waals surface area contributed by atoms with Crippen LogP contribution in [0.15, 0.2) is 0 Å². The summed E-state index contributed by atoms with van der Waals surface area (Å²) in [6, 6.07) is -0.396. The minimum Gasteiger partial charge on any atom is -0.355 e. The molecule has 0 bridgehead atoms. The van der Waals surface area contributed by atoms with Crippen LogP contribution >= 0.6 is 0 Å². The molecular formula is C11H25N3O. The number of rotatable bonds is 8. The first kappa shape index (κ1) is 14.4. The van der Waals surface area contributed by atoms with E-state index in [4.69, 9.17) is 11.5 Å². The van der Waals surface area contributed by atoms with E-state index in [-0.39, 0.29) is 5.91 Å². The number of hydrogen-bond donors (Lipinski definition) is 3. The molecule has 0 rings (SSSR count). The Morgan fingerprint density at radius 1 is 1.27 bits per heavy atom. The summed E-state index contributed by atoms with van der Waals surface area (Å²) in [5, 5.41) is 2.84. The van der Waals surface area contributed by atoms with Crippen molar-refractivity contribution in [1.82, 2.24) is 5.32 Å². The van der Waals surface area contributed by atoms with Gasteiger partial charge in [0.1, 0.15) is 0 Å². The zero-order valence-electron chi connectivity index (χ0n) is 9.96. The molecule has 1 amide bonds. The van der Waals surface area contributed by atoms with Crippen LogP contribution in [0.4, 0.5) is 0 Å². The van der Waals surface area contributed by atoms with Crippen LogP contribution in [-0.2, 0) is 4.79 Å². The van der Waals surface area contributed by atoms with Gasteiger partial charge in [-0.1, -0.05) is 13.8 Å². The Labute approximate surface area is 92.8 Å². The van der Waals surface area contributed by atoms with E-state index in [1.54, 1.807) is 0 Å². The van der Waals surface area contributed by atoms with Gasteiger partial charge in [-0.25, -0.2) is 0 Å². The summed E-state index contributed by atoms with van der Waals surface area (Å²) in [6.07, 6.45) is 3.64. The molecule has 0 unspecified atom stereocenters. The lowest BCUT2D eigenvalue weighted by atomic mass is 10.1. The largest absolute Gasteiger partial charge is 0.355 e. The second-order valence-corrected chi connectivity index (χ2v) is 4.36. The van der Waals surface area contributed by atoms with Crippen LogP contribution in [0.3, 0.4) is 0 Å². The highest BCUT2D eigenvalue weighted by Gasteiger charge is 2.11. The van der Waals surface area contributed by atoms with Crippen LogP contribution in [0.5, 0.6) is 0 Å². The van der Waals surface area contributed by atoms with Gasteiger partial charge in [0, 0.05) is 6.54 Å². The molecule has 0 aliphatic carbocycles. The number of carbonyl (C=O) groups excluding carboxylic acids is 1. The van der Waals surface area contributed by atoms with Crippen molar-refractivity contribution in [1.29, 1.82) is 0 Å². The molecule has 0 spiro atoms. The second-order valence-electron chi connectivity index (χ2n) is 4.36. The number of hydrogen-bond acceptors (Lipinski definition) is 3. The van der Waals surface area contributed by atoms with Crippen LogP contribution in [0.1, 0.15) is 39.5 Å². The summed E-state index contributed by atoms with van der Waals surface area (Å²) in [4.78, 5) is 11.4. The Morgan fingerprint density at radius 3 is 2.47 bits per heavy atom. The highest BCUT2D eigenvalue weighted by Crippen LogP contribution is 2.02. The zero-order chi connectivity index (χ0) is 11.7. The fraction of sp³-hybridized carbons (Fsp3) is 0.909. The highest BCUT2D eigenvalue weighted by molar-refractivity contribution is 5.81. The van der Waals surface area contributed by atoms with Crippen molar-refractivity contribution < 1.29 is 4.79 Å². The molecule has 0 saturated carbocycles. The van der Waals surface area contributed by atoms with Gasteiger partial charge in [-0.05, 0) is 38.1 Å². The Balaban J connectivity index is 3.47. The minimum atomic E-state index is -0.396.